The van der Waals surface area contributed by atoms with Gasteiger partial charge in [-0.2, -0.15) is 5.10 Å². The van der Waals surface area contributed by atoms with Crippen LogP contribution in [0.1, 0.15) is 38.1 Å². The first-order valence-corrected chi connectivity index (χ1v) is 12.2. The molecule has 9 heteroatoms. The molecule has 0 bridgehead atoms. The Morgan fingerprint density at radius 3 is 2.78 bits per heavy atom. The van der Waals surface area contributed by atoms with E-state index in [9.17, 15) is 0 Å². The van der Waals surface area contributed by atoms with E-state index < -0.39 is 0 Å². The molecule has 5 heterocycles. The van der Waals surface area contributed by atoms with Crippen LogP contribution < -0.4 is 5.32 Å². The summed E-state index contributed by atoms with van der Waals surface area (Å²) >= 11 is 0. The SMILES string of the molecule is C=C/C(=C\C(=C/C)c1ccc2[nH]nc(-c3nc4nccc(-n5cnc(C)c5)c4[nH]3)c2n1)NC(=C)CCC. The second-order valence-electron chi connectivity index (χ2n) is 8.73. The number of nitrogens with one attached hydrogen (secondary N) is 3. The van der Waals surface area contributed by atoms with Crippen LogP contribution in [0.4, 0.5) is 0 Å². The molecular weight excluding hydrogens is 462 g/mol. The number of fused-ring (bicyclic) bond motifs is 2. The van der Waals surface area contributed by atoms with Crippen molar-refractivity contribution < 1.29 is 0 Å². The molecule has 5 rings (SSSR count). The van der Waals surface area contributed by atoms with E-state index >= 15 is 0 Å². The molecule has 0 radical (unpaired) electrons. The number of aromatic nitrogens is 8. The molecule has 0 amide bonds. The van der Waals surface area contributed by atoms with Crippen LogP contribution in [0.2, 0.25) is 0 Å². The highest BCUT2D eigenvalue weighted by molar-refractivity contribution is 5.92. The van der Waals surface area contributed by atoms with Crippen molar-refractivity contribution in [2.75, 3.05) is 0 Å². The average molecular weight is 492 g/mol. The van der Waals surface area contributed by atoms with Crippen molar-refractivity contribution in [3.63, 3.8) is 0 Å². The molecule has 0 aliphatic carbocycles. The number of aryl methyl sites for hydroxylation is 1. The van der Waals surface area contributed by atoms with Gasteiger partial charge in [0.15, 0.2) is 17.2 Å². The molecule has 5 aromatic heterocycles. The molecule has 0 aromatic carbocycles. The lowest BCUT2D eigenvalue weighted by atomic mass is 10.1. The van der Waals surface area contributed by atoms with Crippen molar-refractivity contribution in [2.24, 2.45) is 0 Å². The zero-order chi connectivity index (χ0) is 25.9. The Balaban J connectivity index is 1.54. The maximum Gasteiger partial charge on any atom is 0.180 e. The Kier molecular flexibility index (Phi) is 6.51. The predicted octanol–water partition coefficient (Wildman–Crippen LogP) is 5.77. The van der Waals surface area contributed by atoms with Crippen molar-refractivity contribution in [1.29, 1.82) is 0 Å². The van der Waals surface area contributed by atoms with E-state index in [0.717, 1.165) is 57.9 Å². The fourth-order valence-corrected chi connectivity index (χ4v) is 4.19. The summed E-state index contributed by atoms with van der Waals surface area (Å²) in [6.45, 7) is 14.1. The summed E-state index contributed by atoms with van der Waals surface area (Å²) in [5.41, 5.74) is 8.97. The van der Waals surface area contributed by atoms with Gasteiger partial charge in [-0.05, 0) is 56.2 Å². The van der Waals surface area contributed by atoms with Crippen LogP contribution in [0.3, 0.4) is 0 Å². The van der Waals surface area contributed by atoms with Gasteiger partial charge in [0, 0.05) is 23.8 Å². The summed E-state index contributed by atoms with van der Waals surface area (Å²) in [6.07, 6.45) is 13.2. The van der Waals surface area contributed by atoms with Crippen LogP contribution in [0.5, 0.6) is 0 Å². The number of imidazole rings is 2. The van der Waals surface area contributed by atoms with E-state index in [4.69, 9.17) is 9.97 Å². The predicted molar refractivity (Wildman–Crippen MR) is 148 cm³/mol. The third kappa shape index (κ3) is 4.71. The lowest BCUT2D eigenvalue weighted by molar-refractivity contribution is 0.829. The van der Waals surface area contributed by atoms with Gasteiger partial charge in [-0.25, -0.2) is 19.9 Å². The molecule has 186 valence electrons. The first kappa shape index (κ1) is 23.9. The van der Waals surface area contributed by atoms with Gasteiger partial charge in [-0.1, -0.05) is 32.6 Å². The summed E-state index contributed by atoms with van der Waals surface area (Å²) in [7, 11) is 0. The molecule has 0 aliphatic heterocycles. The number of pyridine rings is 2. The Bertz CT molecular complexity index is 1680. The first-order chi connectivity index (χ1) is 18.0. The fourth-order valence-electron chi connectivity index (χ4n) is 4.19. The Morgan fingerprint density at radius 2 is 2.05 bits per heavy atom. The fraction of sp³-hybridized carbons (Fsp3) is 0.179. The number of rotatable bonds is 9. The zero-order valence-corrected chi connectivity index (χ0v) is 21.2. The summed E-state index contributed by atoms with van der Waals surface area (Å²) < 4.78 is 1.95. The first-order valence-electron chi connectivity index (χ1n) is 12.2. The van der Waals surface area contributed by atoms with Gasteiger partial charge in [0.05, 0.1) is 28.9 Å². The number of hydrogen-bond donors (Lipinski definition) is 3. The largest absolute Gasteiger partial charge is 0.359 e. The lowest BCUT2D eigenvalue weighted by Crippen LogP contribution is -2.10. The van der Waals surface area contributed by atoms with Crippen LogP contribution in [0.15, 0.2) is 79.7 Å². The third-order valence-electron chi connectivity index (χ3n) is 6.00. The van der Waals surface area contributed by atoms with Crippen molar-refractivity contribution in [3.8, 4) is 17.2 Å². The summed E-state index contributed by atoms with van der Waals surface area (Å²) in [5, 5.41) is 10.9. The lowest BCUT2D eigenvalue weighted by Gasteiger charge is -2.11. The van der Waals surface area contributed by atoms with Crippen LogP contribution in [-0.4, -0.2) is 39.7 Å². The van der Waals surface area contributed by atoms with E-state index in [1.807, 2.05) is 55.0 Å². The van der Waals surface area contributed by atoms with Gasteiger partial charge in [-0.3, -0.25) is 5.10 Å². The number of aromatic amines is 2. The van der Waals surface area contributed by atoms with E-state index in [-0.39, 0.29) is 0 Å². The monoisotopic (exact) mass is 491 g/mol. The molecule has 0 atom stereocenters. The molecule has 0 saturated carbocycles. The van der Waals surface area contributed by atoms with Crippen molar-refractivity contribution in [2.45, 2.75) is 33.6 Å². The second kappa shape index (κ2) is 10.1. The van der Waals surface area contributed by atoms with Crippen LogP contribution in [-0.2, 0) is 0 Å². The van der Waals surface area contributed by atoms with Gasteiger partial charge in [0.1, 0.15) is 11.0 Å². The zero-order valence-electron chi connectivity index (χ0n) is 21.2. The second-order valence-corrected chi connectivity index (χ2v) is 8.73. The van der Waals surface area contributed by atoms with E-state index in [0.29, 0.717) is 22.7 Å². The normalized spacial score (nSPS) is 12.4. The standard InChI is InChI=1S/C28H29N9/c1-6-9-17(4)31-20(8-3)14-19(7-2)21-10-11-22-24(32-21)26(36-35-22)28-33-25-23(12-13-29-27(25)34-28)37-15-18(5)30-16-37/h7-8,10-16,31H,3-4,6,9H2,1-2,5H3,(H,35,36)(H,29,33,34)/b19-7+,20-14+. The molecule has 5 aromatic rings. The Hall–Kier alpha value is -4.79. The molecule has 37 heavy (non-hydrogen) atoms. The molecule has 3 N–H and O–H groups in total. The van der Waals surface area contributed by atoms with Gasteiger partial charge in [-0.15, -0.1) is 0 Å². The quantitative estimate of drug-likeness (QED) is 0.226. The number of H-pyrrole nitrogens is 2. The molecule has 0 saturated heterocycles. The highest BCUT2D eigenvalue weighted by Crippen LogP contribution is 2.28. The van der Waals surface area contributed by atoms with E-state index in [1.54, 1.807) is 18.6 Å². The number of nitrogens with zero attached hydrogens (tertiary/aromatic N) is 6. The molecule has 0 unspecified atom stereocenters. The number of hydrogen-bond acceptors (Lipinski definition) is 6. The Labute approximate surface area is 214 Å². The smallest absolute Gasteiger partial charge is 0.180 e. The van der Waals surface area contributed by atoms with Gasteiger partial charge >= 0.3 is 0 Å². The van der Waals surface area contributed by atoms with E-state index in [2.05, 4.69) is 50.5 Å². The van der Waals surface area contributed by atoms with Crippen LogP contribution in [0.25, 0.3) is 45.0 Å². The Morgan fingerprint density at radius 1 is 1.19 bits per heavy atom. The maximum absolute atomic E-state index is 4.95. The topological polar surface area (TPSA) is 113 Å². The minimum Gasteiger partial charge on any atom is -0.359 e. The van der Waals surface area contributed by atoms with Gasteiger partial charge < -0.3 is 14.9 Å². The summed E-state index contributed by atoms with van der Waals surface area (Å²) in [5.74, 6) is 0.588. The summed E-state index contributed by atoms with van der Waals surface area (Å²) in [4.78, 5) is 21.9. The molecule has 9 nitrogen and oxygen atoms in total. The van der Waals surface area contributed by atoms with Crippen LogP contribution >= 0.6 is 0 Å². The number of allylic oxidation sites excluding steroid dienone is 5. The van der Waals surface area contributed by atoms with Gasteiger partial charge in [0.2, 0.25) is 0 Å². The van der Waals surface area contributed by atoms with Gasteiger partial charge in [0.25, 0.3) is 0 Å². The minimum absolute atomic E-state index is 0.588. The van der Waals surface area contributed by atoms with Crippen molar-refractivity contribution in [3.05, 3.63) is 91.1 Å². The van der Waals surface area contributed by atoms with Crippen molar-refractivity contribution >= 4 is 27.8 Å². The van der Waals surface area contributed by atoms with Crippen molar-refractivity contribution in [1.82, 2.24) is 45.0 Å². The van der Waals surface area contributed by atoms with Crippen LogP contribution in [0, 0.1) is 6.92 Å². The third-order valence-corrected chi connectivity index (χ3v) is 6.00. The molecule has 0 aliphatic rings. The molecule has 0 fully saturated rings. The molecule has 0 spiro atoms. The maximum atomic E-state index is 4.95. The highest BCUT2D eigenvalue weighted by atomic mass is 15.2. The molecular formula is C28H29N9. The highest BCUT2D eigenvalue weighted by Gasteiger charge is 2.17. The summed E-state index contributed by atoms with van der Waals surface area (Å²) in [6, 6.07) is 5.87. The average Bonchev–Trinajstić information content (AvgIpc) is 3.63. The minimum atomic E-state index is 0.588. The van der Waals surface area contributed by atoms with E-state index in [1.165, 1.54) is 0 Å².